The minimum absolute atomic E-state index is 0.131. The van der Waals surface area contributed by atoms with Crippen LogP contribution in [0.3, 0.4) is 0 Å². The van der Waals surface area contributed by atoms with Crippen molar-refractivity contribution in [1.82, 2.24) is 9.71 Å². The predicted molar refractivity (Wildman–Crippen MR) is 52.1 cm³/mol. The minimum atomic E-state index is -3.82. The molecule has 1 heterocycles. The van der Waals surface area contributed by atoms with Gasteiger partial charge in [0.05, 0.1) is 0 Å². The number of hydrogen-bond donors (Lipinski definition) is 2. The number of carboxylic acid groups (broad SMARTS) is 1. The van der Waals surface area contributed by atoms with Gasteiger partial charge in [-0.15, -0.1) is 0 Å². The summed E-state index contributed by atoms with van der Waals surface area (Å²) in [6.45, 7) is -0.676. The Kier molecular flexibility index (Phi) is 3.61. The van der Waals surface area contributed by atoms with Crippen LogP contribution in [-0.2, 0) is 14.8 Å². The zero-order valence-electron chi connectivity index (χ0n) is 7.34. The first kappa shape index (κ1) is 11.9. The molecule has 0 aliphatic heterocycles. The van der Waals surface area contributed by atoms with E-state index in [1.807, 2.05) is 4.72 Å². The molecular weight excluding hydrogens is 244 g/mol. The molecule has 0 bridgehead atoms. The third-order valence-corrected chi connectivity index (χ3v) is 3.03. The molecule has 0 unspecified atom stereocenters. The number of halogens is 1. The molecule has 0 atom stereocenters. The highest BCUT2D eigenvalue weighted by molar-refractivity contribution is 7.89. The summed E-state index contributed by atoms with van der Waals surface area (Å²) < 4.78 is 24.7. The highest BCUT2D eigenvalue weighted by Gasteiger charge is 2.15. The van der Waals surface area contributed by atoms with Crippen LogP contribution in [0.25, 0.3) is 0 Å². The predicted octanol–water partition coefficient (Wildman–Crippen LogP) is 0.0979. The van der Waals surface area contributed by atoms with E-state index in [1.165, 1.54) is 12.1 Å². The maximum atomic E-state index is 11.4. The van der Waals surface area contributed by atoms with E-state index in [0.717, 1.165) is 6.20 Å². The van der Waals surface area contributed by atoms with Crippen LogP contribution in [-0.4, -0.2) is 31.0 Å². The van der Waals surface area contributed by atoms with Gasteiger partial charge in [0.2, 0.25) is 10.0 Å². The molecule has 0 fully saturated rings. The van der Waals surface area contributed by atoms with Crippen molar-refractivity contribution in [1.29, 1.82) is 0 Å². The van der Waals surface area contributed by atoms with Gasteiger partial charge in [0.1, 0.15) is 16.6 Å². The topological polar surface area (TPSA) is 96.4 Å². The molecule has 1 rings (SSSR count). The van der Waals surface area contributed by atoms with E-state index in [0.29, 0.717) is 0 Å². The van der Waals surface area contributed by atoms with Gasteiger partial charge in [-0.25, -0.2) is 13.4 Å². The van der Waals surface area contributed by atoms with Gasteiger partial charge in [-0.05, 0) is 12.1 Å². The second-order valence-corrected chi connectivity index (χ2v) is 4.69. The van der Waals surface area contributed by atoms with E-state index in [-0.39, 0.29) is 10.0 Å². The average Bonchev–Trinajstić information content (AvgIpc) is 2.16. The van der Waals surface area contributed by atoms with Gasteiger partial charge in [0, 0.05) is 6.20 Å². The molecule has 15 heavy (non-hydrogen) atoms. The van der Waals surface area contributed by atoms with Gasteiger partial charge in [0.25, 0.3) is 0 Å². The lowest BCUT2D eigenvalue weighted by Gasteiger charge is -2.03. The molecule has 0 spiro atoms. The van der Waals surface area contributed by atoms with Crippen LogP contribution in [0.2, 0.25) is 5.15 Å². The number of hydrogen-bond acceptors (Lipinski definition) is 4. The molecule has 6 nitrogen and oxygen atoms in total. The first-order chi connectivity index (χ1) is 6.92. The third-order valence-electron chi connectivity index (χ3n) is 1.42. The maximum absolute atomic E-state index is 11.4. The molecule has 1 aromatic heterocycles. The van der Waals surface area contributed by atoms with Crippen molar-refractivity contribution in [2.24, 2.45) is 0 Å². The number of aliphatic carboxylic acids is 1. The summed E-state index contributed by atoms with van der Waals surface area (Å²) in [5.41, 5.74) is 0. The Morgan fingerprint density at radius 1 is 1.53 bits per heavy atom. The lowest BCUT2D eigenvalue weighted by Crippen LogP contribution is -2.29. The SMILES string of the molecule is O=C(O)CNS(=O)(=O)c1ccc(Cl)nc1. The van der Waals surface area contributed by atoms with E-state index in [1.54, 1.807) is 0 Å². The first-order valence-corrected chi connectivity index (χ1v) is 5.61. The standard InChI is InChI=1S/C7H7ClN2O4S/c8-6-2-1-5(3-9-6)15(13,14)10-4-7(11)12/h1-3,10H,4H2,(H,11,12). The Bertz CT molecular complexity index is 456. The Labute approximate surface area is 91.0 Å². The molecule has 0 saturated carbocycles. The number of carboxylic acids is 1. The number of carbonyl (C=O) groups is 1. The van der Waals surface area contributed by atoms with E-state index >= 15 is 0 Å². The van der Waals surface area contributed by atoms with Gasteiger partial charge in [-0.1, -0.05) is 11.6 Å². The van der Waals surface area contributed by atoms with E-state index in [4.69, 9.17) is 16.7 Å². The van der Waals surface area contributed by atoms with E-state index < -0.39 is 22.5 Å². The Balaban J connectivity index is 2.87. The summed E-state index contributed by atoms with van der Waals surface area (Å²) >= 11 is 5.47. The number of pyridine rings is 1. The molecule has 8 heteroatoms. The second kappa shape index (κ2) is 4.56. The Morgan fingerprint density at radius 3 is 2.67 bits per heavy atom. The van der Waals surface area contributed by atoms with Crippen molar-refractivity contribution in [3.05, 3.63) is 23.5 Å². The third kappa shape index (κ3) is 3.46. The van der Waals surface area contributed by atoms with Crippen LogP contribution in [0.1, 0.15) is 0 Å². The lowest BCUT2D eigenvalue weighted by atomic mass is 10.5. The van der Waals surface area contributed by atoms with Crippen LogP contribution in [0.4, 0.5) is 0 Å². The minimum Gasteiger partial charge on any atom is -0.480 e. The molecule has 0 radical (unpaired) electrons. The summed E-state index contributed by atoms with van der Waals surface area (Å²) in [6, 6.07) is 2.54. The molecule has 2 N–H and O–H groups in total. The number of aromatic nitrogens is 1. The van der Waals surface area contributed by atoms with Crippen molar-refractivity contribution in [3.63, 3.8) is 0 Å². The van der Waals surface area contributed by atoms with Crippen molar-refractivity contribution < 1.29 is 18.3 Å². The summed E-state index contributed by atoms with van der Waals surface area (Å²) in [6.07, 6.45) is 1.05. The number of sulfonamides is 1. The van der Waals surface area contributed by atoms with Crippen LogP contribution in [0.15, 0.2) is 23.2 Å². The van der Waals surface area contributed by atoms with Crippen molar-refractivity contribution >= 4 is 27.6 Å². The van der Waals surface area contributed by atoms with Crippen molar-refractivity contribution in [2.75, 3.05) is 6.54 Å². The van der Waals surface area contributed by atoms with Gasteiger partial charge in [-0.2, -0.15) is 4.72 Å². The zero-order valence-corrected chi connectivity index (χ0v) is 8.92. The Hall–Kier alpha value is -1.18. The monoisotopic (exact) mass is 250 g/mol. The first-order valence-electron chi connectivity index (χ1n) is 3.75. The average molecular weight is 251 g/mol. The van der Waals surface area contributed by atoms with Gasteiger partial charge in [0.15, 0.2) is 0 Å². The van der Waals surface area contributed by atoms with Crippen molar-refractivity contribution in [2.45, 2.75) is 4.90 Å². The Morgan fingerprint density at radius 2 is 2.20 bits per heavy atom. The smallest absolute Gasteiger partial charge is 0.318 e. The quantitative estimate of drug-likeness (QED) is 0.739. The van der Waals surface area contributed by atoms with Crippen LogP contribution in [0, 0.1) is 0 Å². The molecule has 0 amide bonds. The number of nitrogens with zero attached hydrogens (tertiary/aromatic N) is 1. The second-order valence-electron chi connectivity index (χ2n) is 2.53. The number of nitrogens with one attached hydrogen (secondary N) is 1. The molecular formula is C7H7ClN2O4S. The maximum Gasteiger partial charge on any atom is 0.318 e. The van der Waals surface area contributed by atoms with Crippen LogP contribution >= 0.6 is 11.6 Å². The van der Waals surface area contributed by atoms with E-state index in [9.17, 15) is 13.2 Å². The normalized spacial score (nSPS) is 11.3. The van der Waals surface area contributed by atoms with Crippen LogP contribution in [0.5, 0.6) is 0 Å². The largest absolute Gasteiger partial charge is 0.480 e. The van der Waals surface area contributed by atoms with Gasteiger partial charge >= 0.3 is 5.97 Å². The summed E-state index contributed by atoms with van der Waals surface area (Å²) in [7, 11) is -3.82. The summed E-state index contributed by atoms with van der Waals surface area (Å²) in [4.78, 5) is 13.6. The number of rotatable bonds is 4. The molecule has 0 saturated heterocycles. The van der Waals surface area contributed by atoms with Gasteiger partial charge in [-0.3, -0.25) is 4.79 Å². The lowest BCUT2D eigenvalue weighted by molar-refractivity contribution is -0.135. The molecule has 82 valence electrons. The van der Waals surface area contributed by atoms with E-state index in [2.05, 4.69) is 4.98 Å². The summed E-state index contributed by atoms with van der Waals surface area (Å²) in [5.74, 6) is -1.26. The molecule has 0 aromatic carbocycles. The fraction of sp³-hybridized carbons (Fsp3) is 0.143. The highest BCUT2D eigenvalue weighted by Crippen LogP contribution is 2.10. The van der Waals surface area contributed by atoms with Crippen molar-refractivity contribution in [3.8, 4) is 0 Å². The summed E-state index contributed by atoms with van der Waals surface area (Å²) in [5, 5.41) is 8.46. The molecule has 0 aliphatic rings. The zero-order chi connectivity index (χ0) is 11.5. The fourth-order valence-electron chi connectivity index (χ4n) is 0.761. The fourth-order valence-corrected chi connectivity index (χ4v) is 1.79. The van der Waals surface area contributed by atoms with Gasteiger partial charge < -0.3 is 5.11 Å². The van der Waals surface area contributed by atoms with Crippen LogP contribution < -0.4 is 4.72 Å². The molecule has 1 aromatic rings. The highest BCUT2D eigenvalue weighted by atomic mass is 35.5. The molecule has 0 aliphatic carbocycles.